The van der Waals surface area contributed by atoms with Crippen molar-refractivity contribution in [2.75, 3.05) is 13.1 Å². The van der Waals surface area contributed by atoms with E-state index in [2.05, 4.69) is 10.6 Å². The number of nitrogens with zero attached hydrogens (tertiary/aromatic N) is 1. The van der Waals surface area contributed by atoms with Gasteiger partial charge in [-0.1, -0.05) is 62.2 Å². The van der Waals surface area contributed by atoms with Gasteiger partial charge >= 0.3 is 6.09 Å². The van der Waals surface area contributed by atoms with Crippen LogP contribution in [0.4, 0.5) is 4.79 Å². The van der Waals surface area contributed by atoms with Crippen molar-refractivity contribution in [1.29, 1.82) is 0 Å². The number of alkyl carbamates (subject to hydrolysis) is 1. The highest BCUT2D eigenvalue weighted by molar-refractivity contribution is 5.92. The summed E-state index contributed by atoms with van der Waals surface area (Å²) in [5.41, 5.74) is 1.74. The third-order valence-electron chi connectivity index (χ3n) is 5.90. The summed E-state index contributed by atoms with van der Waals surface area (Å²) in [7, 11) is 0. The second-order valence-electron chi connectivity index (χ2n) is 10.6. The number of phenolic OH excluding ortho intramolecular Hbond substituents is 1. The van der Waals surface area contributed by atoms with E-state index in [1.807, 2.05) is 45.0 Å². The molecule has 8 heteroatoms. The smallest absolute Gasteiger partial charge is 0.408 e. The molecule has 0 aliphatic rings. The maximum atomic E-state index is 14.1. The highest BCUT2D eigenvalue weighted by Crippen LogP contribution is 2.24. The quantitative estimate of drug-likeness (QED) is 0.337. The molecule has 0 aromatic heterocycles. The standard InChI is InChI=1S/C30H43N3O5/c1-7-9-18-31-27(35)26(23-14-10-21(3)11-15-23)33(19-8-2)28(36)25(32-29(37)38-30(4,5)6)20-22-12-16-24(34)17-13-22/h10-17,25-26,34H,7-9,18-20H2,1-6H3,(H,31,35)(H,32,37). The number of unbranched alkanes of at least 4 members (excludes halogenated alkanes) is 1. The number of amides is 3. The molecule has 2 aromatic carbocycles. The van der Waals surface area contributed by atoms with E-state index in [-0.39, 0.29) is 24.0 Å². The monoisotopic (exact) mass is 525 g/mol. The summed E-state index contributed by atoms with van der Waals surface area (Å²) < 4.78 is 5.45. The maximum Gasteiger partial charge on any atom is 0.408 e. The molecule has 2 atom stereocenters. The van der Waals surface area contributed by atoms with Crippen LogP contribution in [0.3, 0.4) is 0 Å². The van der Waals surface area contributed by atoms with Crippen molar-refractivity contribution in [3.8, 4) is 5.75 Å². The summed E-state index contributed by atoms with van der Waals surface area (Å²) in [4.78, 5) is 42.0. The Morgan fingerprint density at radius 3 is 2.16 bits per heavy atom. The Balaban J connectivity index is 2.48. The molecule has 8 nitrogen and oxygen atoms in total. The van der Waals surface area contributed by atoms with Crippen molar-refractivity contribution in [2.24, 2.45) is 0 Å². The topological polar surface area (TPSA) is 108 Å². The van der Waals surface area contributed by atoms with Gasteiger partial charge in [0.15, 0.2) is 0 Å². The molecule has 0 radical (unpaired) electrons. The summed E-state index contributed by atoms with van der Waals surface area (Å²) in [5.74, 6) is -0.542. The molecule has 38 heavy (non-hydrogen) atoms. The molecule has 2 rings (SSSR count). The van der Waals surface area contributed by atoms with Gasteiger partial charge in [-0.15, -0.1) is 0 Å². The summed E-state index contributed by atoms with van der Waals surface area (Å²) in [5, 5.41) is 15.4. The number of carbonyl (C=O) groups excluding carboxylic acids is 3. The Labute approximate surface area is 226 Å². The Kier molecular flexibility index (Phi) is 11.6. The van der Waals surface area contributed by atoms with E-state index in [4.69, 9.17) is 4.74 Å². The lowest BCUT2D eigenvalue weighted by atomic mass is 9.99. The van der Waals surface area contributed by atoms with Gasteiger partial charge < -0.3 is 25.4 Å². The first kappa shape index (κ1) is 30.7. The van der Waals surface area contributed by atoms with Crippen LogP contribution in [0.1, 0.15) is 76.6 Å². The maximum absolute atomic E-state index is 14.1. The lowest BCUT2D eigenvalue weighted by Gasteiger charge is -2.34. The number of benzene rings is 2. The average Bonchev–Trinajstić information content (AvgIpc) is 2.84. The molecule has 0 heterocycles. The van der Waals surface area contributed by atoms with Crippen molar-refractivity contribution in [2.45, 2.75) is 84.9 Å². The molecule has 0 aliphatic heterocycles. The third kappa shape index (κ3) is 9.72. The fraction of sp³-hybridized carbons (Fsp3) is 0.500. The number of hydrogen-bond acceptors (Lipinski definition) is 5. The minimum atomic E-state index is -0.989. The van der Waals surface area contributed by atoms with Crippen LogP contribution in [-0.4, -0.2) is 52.6 Å². The van der Waals surface area contributed by atoms with Crippen LogP contribution in [0.2, 0.25) is 0 Å². The average molecular weight is 526 g/mol. The molecule has 0 saturated heterocycles. The molecule has 0 fully saturated rings. The largest absolute Gasteiger partial charge is 0.508 e. The predicted molar refractivity (Wildman–Crippen MR) is 149 cm³/mol. The number of ether oxygens (including phenoxy) is 1. The lowest BCUT2D eigenvalue weighted by Crippen LogP contribution is -2.54. The molecular formula is C30H43N3O5. The molecule has 0 aliphatic carbocycles. The highest BCUT2D eigenvalue weighted by Gasteiger charge is 2.36. The van der Waals surface area contributed by atoms with E-state index in [1.165, 1.54) is 12.1 Å². The SMILES string of the molecule is CCCCNC(=O)C(c1ccc(C)cc1)N(CCC)C(=O)C(Cc1ccc(O)cc1)NC(=O)OC(C)(C)C. The van der Waals surface area contributed by atoms with E-state index in [9.17, 15) is 19.5 Å². The van der Waals surface area contributed by atoms with E-state index in [0.29, 0.717) is 25.1 Å². The zero-order valence-corrected chi connectivity index (χ0v) is 23.5. The molecule has 0 spiro atoms. The van der Waals surface area contributed by atoms with Crippen molar-refractivity contribution in [3.63, 3.8) is 0 Å². The minimum Gasteiger partial charge on any atom is -0.508 e. The zero-order chi connectivity index (χ0) is 28.3. The van der Waals surface area contributed by atoms with Crippen LogP contribution in [0.5, 0.6) is 5.75 Å². The van der Waals surface area contributed by atoms with Gasteiger partial charge in [0.25, 0.3) is 0 Å². The van der Waals surface area contributed by atoms with Gasteiger partial charge in [-0.3, -0.25) is 9.59 Å². The van der Waals surface area contributed by atoms with E-state index < -0.39 is 23.8 Å². The van der Waals surface area contributed by atoms with Crippen molar-refractivity contribution in [1.82, 2.24) is 15.5 Å². The van der Waals surface area contributed by atoms with Gasteiger partial charge in [-0.25, -0.2) is 4.79 Å². The first-order valence-corrected chi connectivity index (χ1v) is 13.4. The number of carbonyl (C=O) groups is 3. The van der Waals surface area contributed by atoms with Crippen LogP contribution >= 0.6 is 0 Å². The molecule has 0 bridgehead atoms. The number of aromatic hydroxyl groups is 1. The first-order valence-electron chi connectivity index (χ1n) is 13.4. The van der Waals surface area contributed by atoms with E-state index in [0.717, 1.165) is 24.0 Å². The van der Waals surface area contributed by atoms with Crippen LogP contribution in [0, 0.1) is 6.92 Å². The summed E-state index contributed by atoms with van der Waals surface area (Å²) >= 11 is 0. The minimum absolute atomic E-state index is 0.104. The van der Waals surface area contributed by atoms with Gasteiger partial charge in [0.1, 0.15) is 23.4 Å². The molecule has 2 aromatic rings. The second-order valence-corrected chi connectivity index (χ2v) is 10.6. The molecule has 208 valence electrons. The fourth-order valence-corrected chi connectivity index (χ4v) is 4.03. The van der Waals surface area contributed by atoms with Crippen molar-refractivity contribution >= 4 is 17.9 Å². The van der Waals surface area contributed by atoms with Crippen molar-refractivity contribution in [3.05, 3.63) is 65.2 Å². The van der Waals surface area contributed by atoms with Gasteiger partial charge in [0, 0.05) is 19.5 Å². The molecule has 2 unspecified atom stereocenters. The van der Waals surface area contributed by atoms with Crippen LogP contribution in [0.25, 0.3) is 0 Å². The Bertz CT molecular complexity index is 1050. The number of phenols is 1. The predicted octanol–water partition coefficient (Wildman–Crippen LogP) is 5.03. The fourth-order valence-electron chi connectivity index (χ4n) is 4.03. The second kappa shape index (κ2) is 14.4. The van der Waals surface area contributed by atoms with Crippen LogP contribution < -0.4 is 10.6 Å². The Morgan fingerprint density at radius 1 is 0.974 bits per heavy atom. The van der Waals surface area contributed by atoms with Crippen LogP contribution in [0.15, 0.2) is 48.5 Å². The number of rotatable bonds is 12. The zero-order valence-electron chi connectivity index (χ0n) is 23.5. The Hall–Kier alpha value is -3.55. The van der Waals surface area contributed by atoms with E-state index in [1.54, 1.807) is 37.8 Å². The van der Waals surface area contributed by atoms with Gasteiger partial charge in [0.05, 0.1) is 0 Å². The van der Waals surface area contributed by atoms with Crippen LogP contribution in [-0.2, 0) is 20.7 Å². The number of nitrogens with one attached hydrogen (secondary N) is 2. The van der Waals surface area contributed by atoms with E-state index >= 15 is 0 Å². The number of aryl methyl sites for hydroxylation is 1. The molecule has 0 saturated carbocycles. The summed E-state index contributed by atoms with van der Waals surface area (Å²) in [6.07, 6.45) is 1.83. The van der Waals surface area contributed by atoms with Crippen molar-refractivity contribution < 1.29 is 24.2 Å². The van der Waals surface area contributed by atoms with Gasteiger partial charge in [0.2, 0.25) is 11.8 Å². The van der Waals surface area contributed by atoms with Gasteiger partial charge in [-0.05, 0) is 63.8 Å². The third-order valence-corrected chi connectivity index (χ3v) is 5.90. The lowest BCUT2D eigenvalue weighted by molar-refractivity contribution is -0.142. The molecule has 3 amide bonds. The molecular weight excluding hydrogens is 482 g/mol. The summed E-state index contributed by atoms with van der Waals surface area (Å²) in [6.45, 7) is 12.0. The molecule has 3 N–H and O–H groups in total. The highest BCUT2D eigenvalue weighted by atomic mass is 16.6. The normalized spacial score (nSPS) is 12.8. The number of hydrogen-bond donors (Lipinski definition) is 3. The summed E-state index contributed by atoms with van der Waals surface area (Å²) in [6, 6.07) is 12.2. The first-order chi connectivity index (χ1) is 17.9. The Morgan fingerprint density at radius 2 is 1.61 bits per heavy atom. The van der Waals surface area contributed by atoms with Gasteiger partial charge in [-0.2, -0.15) is 0 Å².